The number of hydrogen-bond acceptors (Lipinski definition) is 4. The third kappa shape index (κ3) is 3.31. The maximum atomic E-state index is 13.6. The van der Waals surface area contributed by atoms with E-state index in [4.69, 9.17) is 9.47 Å². The number of hydrogen-bond donors (Lipinski definition) is 1. The lowest BCUT2D eigenvalue weighted by molar-refractivity contribution is -0.129. The van der Waals surface area contributed by atoms with Crippen molar-refractivity contribution in [2.24, 2.45) is 17.3 Å². The molecule has 5 unspecified atom stereocenters. The molecule has 4 aliphatic rings. The minimum Gasteiger partial charge on any atom is -0.497 e. The van der Waals surface area contributed by atoms with E-state index in [1.165, 1.54) is 5.57 Å². The molecule has 0 bridgehead atoms. The number of benzene rings is 1. The molecule has 32 heavy (non-hydrogen) atoms. The summed E-state index contributed by atoms with van der Waals surface area (Å²) in [6.07, 6.45) is 9.50. The first-order valence-corrected chi connectivity index (χ1v) is 12.0. The van der Waals surface area contributed by atoms with Crippen molar-refractivity contribution in [3.05, 3.63) is 65.3 Å². The smallest absolute Gasteiger partial charge is 0.163 e. The summed E-state index contributed by atoms with van der Waals surface area (Å²) in [4.78, 5) is 13.6. The second-order valence-corrected chi connectivity index (χ2v) is 10.3. The molecule has 1 aliphatic heterocycles. The van der Waals surface area contributed by atoms with E-state index in [1.807, 2.05) is 12.1 Å². The van der Waals surface area contributed by atoms with Crippen molar-refractivity contribution >= 4 is 5.78 Å². The number of aliphatic hydroxyl groups is 1. The van der Waals surface area contributed by atoms with Gasteiger partial charge in [0.1, 0.15) is 5.75 Å². The SMILES string of the molecule is C=CCC1(O)CCC2CCC=C2C2=C1C1(C)COC(c3ccc(OC)cc3)CC1CC2=O. The van der Waals surface area contributed by atoms with E-state index in [1.54, 1.807) is 13.2 Å². The van der Waals surface area contributed by atoms with E-state index in [0.29, 0.717) is 31.8 Å². The van der Waals surface area contributed by atoms with Crippen LogP contribution in [0.5, 0.6) is 5.75 Å². The first kappa shape index (κ1) is 21.7. The summed E-state index contributed by atoms with van der Waals surface area (Å²) in [7, 11) is 1.66. The standard InChI is InChI=1S/C28H34O4/c1-4-13-28(30)14-12-18-6-5-7-22(18)25-23(29)15-20-16-24(32-17-27(20,2)26(25)28)19-8-10-21(31-3)11-9-19/h4,7-11,18,20,24,30H,1,5-6,12-17H2,2-3H3. The Bertz CT molecular complexity index is 987. The van der Waals surface area contributed by atoms with Gasteiger partial charge in [0.2, 0.25) is 0 Å². The number of carbonyl (C=O) groups excluding carboxylic acids is 1. The number of ether oxygens (including phenoxy) is 2. The second kappa shape index (κ2) is 8.00. The van der Waals surface area contributed by atoms with Crippen molar-refractivity contribution in [1.82, 2.24) is 0 Å². The van der Waals surface area contributed by atoms with E-state index in [0.717, 1.165) is 48.1 Å². The number of allylic oxidation sites excluding steroid dienone is 3. The molecule has 0 spiro atoms. The molecule has 4 nitrogen and oxygen atoms in total. The van der Waals surface area contributed by atoms with Gasteiger partial charge in [-0.1, -0.05) is 31.2 Å². The Morgan fingerprint density at radius 2 is 2.06 bits per heavy atom. The molecular formula is C28H34O4. The summed E-state index contributed by atoms with van der Waals surface area (Å²) in [6.45, 7) is 6.66. The zero-order chi connectivity index (χ0) is 22.5. The Morgan fingerprint density at radius 1 is 1.28 bits per heavy atom. The average Bonchev–Trinajstić information content (AvgIpc) is 3.21. The molecule has 170 valence electrons. The van der Waals surface area contributed by atoms with Gasteiger partial charge in [-0.05, 0) is 79.2 Å². The molecular weight excluding hydrogens is 400 g/mol. The van der Waals surface area contributed by atoms with Crippen LogP contribution >= 0.6 is 0 Å². The molecule has 1 aromatic carbocycles. The monoisotopic (exact) mass is 434 g/mol. The van der Waals surface area contributed by atoms with Crippen LogP contribution in [0.4, 0.5) is 0 Å². The molecule has 5 atom stereocenters. The zero-order valence-corrected chi connectivity index (χ0v) is 19.2. The van der Waals surface area contributed by atoms with Gasteiger partial charge in [-0.25, -0.2) is 0 Å². The fraction of sp³-hybridized carbons (Fsp3) is 0.536. The van der Waals surface area contributed by atoms with Crippen molar-refractivity contribution < 1.29 is 19.4 Å². The lowest BCUT2D eigenvalue weighted by Crippen LogP contribution is -2.52. The van der Waals surface area contributed by atoms with Crippen LogP contribution < -0.4 is 4.74 Å². The van der Waals surface area contributed by atoms with E-state index in [2.05, 4.69) is 31.7 Å². The van der Waals surface area contributed by atoms with E-state index in [-0.39, 0.29) is 23.2 Å². The molecule has 5 rings (SSSR count). The largest absolute Gasteiger partial charge is 0.497 e. The summed E-state index contributed by atoms with van der Waals surface area (Å²) in [5, 5.41) is 12.0. The Labute approximate surface area is 191 Å². The number of fused-ring (bicyclic) bond motifs is 4. The van der Waals surface area contributed by atoms with Gasteiger partial charge in [-0.3, -0.25) is 4.79 Å². The maximum absolute atomic E-state index is 13.6. The zero-order valence-electron chi connectivity index (χ0n) is 19.2. The quantitative estimate of drug-likeness (QED) is 0.637. The summed E-state index contributed by atoms with van der Waals surface area (Å²) in [6, 6.07) is 8.02. The first-order valence-electron chi connectivity index (χ1n) is 12.0. The van der Waals surface area contributed by atoms with Gasteiger partial charge < -0.3 is 14.6 Å². The Balaban J connectivity index is 1.55. The van der Waals surface area contributed by atoms with Crippen molar-refractivity contribution in [3.63, 3.8) is 0 Å². The van der Waals surface area contributed by atoms with Gasteiger partial charge in [0, 0.05) is 17.4 Å². The van der Waals surface area contributed by atoms with Crippen LogP contribution in [0.1, 0.15) is 63.5 Å². The Morgan fingerprint density at radius 3 is 2.78 bits per heavy atom. The minimum atomic E-state index is -1.03. The molecule has 0 amide bonds. The predicted molar refractivity (Wildman–Crippen MR) is 124 cm³/mol. The van der Waals surface area contributed by atoms with Crippen molar-refractivity contribution in [2.75, 3.05) is 13.7 Å². The molecule has 1 heterocycles. The van der Waals surface area contributed by atoms with E-state index < -0.39 is 5.60 Å². The van der Waals surface area contributed by atoms with Crippen molar-refractivity contribution in [3.8, 4) is 5.75 Å². The second-order valence-electron chi connectivity index (χ2n) is 10.3. The van der Waals surface area contributed by atoms with Crippen LogP contribution in [-0.2, 0) is 9.53 Å². The predicted octanol–water partition coefficient (Wildman–Crippen LogP) is 5.49. The molecule has 0 radical (unpaired) electrons. The summed E-state index contributed by atoms with van der Waals surface area (Å²) in [5.41, 5.74) is 2.70. The molecule has 4 heteroatoms. The van der Waals surface area contributed by atoms with Gasteiger partial charge in [-0.2, -0.15) is 0 Å². The van der Waals surface area contributed by atoms with Gasteiger partial charge in [0.05, 0.1) is 25.4 Å². The van der Waals surface area contributed by atoms with Crippen LogP contribution in [-0.4, -0.2) is 30.2 Å². The van der Waals surface area contributed by atoms with Gasteiger partial charge in [0.25, 0.3) is 0 Å². The highest BCUT2D eigenvalue weighted by Crippen LogP contribution is 2.59. The number of rotatable bonds is 4. The van der Waals surface area contributed by atoms with Gasteiger partial charge >= 0.3 is 0 Å². The van der Waals surface area contributed by atoms with E-state index >= 15 is 0 Å². The molecule has 1 fully saturated rings. The van der Waals surface area contributed by atoms with Crippen LogP contribution in [0.2, 0.25) is 0 Å². The highest BCUT2D eigenvalue weighted by molar-refractivity contribution is 6.02. The average molecular weight is 435 g/mol. The molecule has 1 saturated heterocycles. The molecule has 0 saturated carbocycles. The lowest BCUT2D eigenvalue weighted by atomic mass is 9.56. The number of methoxy groups -OCH3 is 1. The van der Waals surface area contributed by atoms with Crippen molar-refractivity contribution in [1.29, 1.82) is 0 Å². The Hall–Kier alpha value is -2.17. The molecule has 1 N–H and O–H groups in total. The summed E-state index contributed by atoms with van der Waals surface area (Å²) >= 11 is 0. The number of ketones is 1. The highest BCUT2D eigenvalue weighted by atomic mass is 16.5. The fourth-order valence-electron chi connectivity index (χ4n) is 6.78. The molecule has 1 aromatic rings. The summed E-state index contributed by atoms with van der Waals surface area (Å²) in [5.74, 6) is 1.56. The number of Topliss-reactive ketones (excluding diaryl/α,β-unsaturated/α-hetero) is 1. The summed E-state index contributed by atoms with van der Waals surface area (Å²) < 4.78 is 11.8. The van der Waals surface area contributed by atoms with Crippen LogP contribution in [0.3, 0.4) is 0 Å². The minimum absolute atomic E-state index is 0.0503. The fourth-order valence-corrected chi connectivity index (χ4v) is 6.78. The van der Waals surface area contributed by atoms with Gasteiger partial charge in [-0.15, -0.1) is 6.58 Å². The van der Waals surface area contributed by atoms with Crippen molar-refractivity contribution in [2.45, 2.75) is 63.6 Å². The van der Waals surface area contributed by atoms with Crippen LogP contribution in [0.25, 0.3) is 0 Å². The third-order valence-corrected chi connectivity index (χ3v) is 8.46. The van der Waals surface area contributed by atoms with Crippen LogP contribution in [0, 0.1) is 17.3 Å². The lowest BCUT2D eigenvalue weighted by Gasteiger charge is -2.52. The van der Waals surface area contributed by atoms with E-state index in [9.17, 15) is 9.90 Å². The van der Waals surface area contributed by atoms with Gasteiger partial charge in [0.15, 0.2) is 5.78 Å². The van der Waals surface area contributed by atoms with Crippen LogP contribution in [0.15, 0.2) is 59.7 Å². The molecule has 3 aliphatic carbocycles. The maximum Gasteiger partial charge on any atom is 0.163 e. The highest BCUT2D eigenvalue weighted by Gasteiger charge is 2.56. The number of carbonyl (C=O) groups is 1. The molecule has 0 aromatic heterocycles. The third-order valence-electron chi connectivity index (χ3n) is 8.46. The Kier molecular flexibility index (Phi) is 5.42. The normalized spacial score (nSPS) is 36.5. The first-order chi connectivity index (χ1) is 15.4. The topological polar surface area (TPSA) is 55.8 Å².